The second-order valence-corrected chi connectivity index (χ2v) is 7.40. The van der Waals surface area contributed by atoms with Crippen LogP contribution < -0.4 is 10.6 Å². The van der Waals surface area contributed by atoms with E-state index in [1.807, 2.05) is 6.92 Å². The van der Waals surface area contributed by atoms with Gasteiger partial charge in [0, 0.05) is 12.5 Å². The van der Waals surface area contributed by atoms with Gasteiger partial charge in [0.1, 0.15) is 5.82 Å². The van der Waals surface area contributed by atoms with Crippen LogP contribution in [0.25, 0.3) is 0 Å². The number of anilines is 1. The number of hydrogen-bond acceptors (Lipinski definition) is 3. The lowest BCUT2D eigenvalue weighted by Gasteiger charge is -2.26. The number of rotatable bonds is 5. The van der Waals surface area contributed by atoms with Crippen LogP contribution in [0.5, 0.6) is 0 Å². The predicted octanol–water partition coefficient (Wildman–Crippen LogP) is 2.70. The second kappa shape index (κ2) is 7.52. The van der Waals surface area contributed by atoms with Gasteiger partial charge in [-0.15, -0.1) is 0 Å². The number of nitrogens with one attached hydrogen (secondary N) is 2. The van der Waals surface area contributed by atoms with E-state index in [0.717, 1.165) is 31.7 Å². The Morgan fingerprint density at radius 1 is 1.28 bits per heavy atom. The van der Waals surface area contributed by atoms with Crippen LogP contribution >= 0.6 is 0 Å². The third-order valence-electron chi connectivity index (χ3n) is 5.24. The number of benzene rings is 1. The Morgan fingerprint density at radius 2 is 2.04 bits per heavy atom. The fourth-order valence-electron chi connectivity index (χ4n) is 3.51. The molecule has 0 radical (unpaired) electrons. The molecule has 2 saturated carbocycles. The molecule has 0 aromatic heterocycles. The lowest BCUT2D eigenvalue weighted by Crippen LogP contribution is -2.33. The third kappa shape index (κ3) is 4.57. The molecule has 25 heavy (non-hydrogen) atoms. The monoisotopic (exact) mass is 348 g/mol. The summed E-state index contributed by atoms with van der Waals surface area (Å²) in [7, 11) is 0. The number of aliphatic hydroxyl groups is 1. The topological polar surface area (TPSA) is 78.4 Å². The van der Waals surface area contributed by atoms with Gasteiger partial charge >= 0.3 is 0 Å². The molecule has 1 aromatic carbocycles. The van der Waals surface area contributed by atoms with Crippen LogP contribution in [-0.2, 0) is 4.79 Å². The summed E-state index contributed by atoms with van der Waals surface area (Å²) in [4.78, 5) is 24.6. The fraction of sp³-hybridized carbons (Fsp3) is 0.579. The normalized spacial score (nSPS) is 28.3. The van der Waals surface area contributed by atoms with E-state index in [1.165, 1.54) is 12.1 Å². The molecular formula is C19H25FN2O3. The van der Waals surface area contributed by atoms with Gasteiger partial charge in [0.2, 0.25) is 5.91 Å². The van der Waals surface area contributed by atoms with Gasteiger partial charge in [0.15, 0.2) is 0 Å². The maximum absolute atomic E-state index is 13.6. The van der Waals surface area contributed by atoms with Gasteiger partial charge in [-0.2, -0.15) is 0 Å². The standard InChI is InChI=1S/C19H25FN2O3/c1-11-7-15(11)19(25)22-17-6-5-13(20)9-16(17)18(24)21-10-12-3-2-4-14(23)8-12/h5-6,9,11-12,14-15,23H,2-4,7-8,10H2,1H3,(H,21,24)(H,22,25). The lowest BCUT2D eigenvalue weighted by atomic mass is 9.87. The molecule has 0 heterocycles. The highest BCUT2D eigenvalue weighted by Gasteiger charge is 2.39. The molecule has 2 aliphatic carbocycles. The number of hydrogen-bond donors (Lipinski definition) is 3. The number of halogens is 1. The largest absolute Gasteiger partial charge is 0.393 e. The van der Waals surface area contributed by atoms with Gasteiger partial charge in [0.05, 0.1) is 17.4 Å². The van der Waals surface area contributed by atoms with E-state index < -0.39 is 11.7 Å². The van der Waals surface area contributed by atoms with Crippen LogP contribution in [0.3, 0.4) is 0 Å². The summed E-state index contributed by atoms with van der Waals surface area (Å²) >= 11 is 0. The lowest BCUT2D eigenvalue weighted by molar-refractivity contribution is -0.117. The summed E-state index contributed by atoms with van der Waals surface area (Å²) in [5, 5.41) is 15.3. The van der Waals surface area contributed by atoms with E-state index in [-0.39, 0.29) is 29.4 Å². The first-order chi connectivity index (χ1) is 11.9. The summed E-state index contributed by atoms with van der Waals surface area (Å²) in [6.45, 7) is 2.45. The van der Waals surface area contributed by atoms with Crippen molar-refractivity contribution in [1.29, 1.82) is 0 Å². The van der Waals surface area contributed by atoms with Gasteiger partial charge in [-0.25, -0.2) is 4.39 Å². The quantitative estimate of drug-likeness (QED) is 0.765. The van der Waals surface area contributed by atoms with Gasteiger partial charge < -0.3 is 15.7 Å². The van der Waals surface area contributed by atoms with Crippen LogP contribution in [0.2, 0.25) is 0 Å². The van der Waals surface area contributed by atoms with Gasteiger partial charge in [-0.1, -0.05) is 13.3 Å². The predicted molar refractivity (Wildman–Crippen MR) is 92.6 cm³/mol. The SMILES string of the molecule is CC1CC1C(=O)Nc1ccc(F)cc1C(=O)NCC1CCCC(O)C1. The fourth-order valence-corrected chi connectivity index (χ4v) is 3.51. The van der Waals surface area contributed by atoms with Crippen molar-refractivity contribution in [3.63, 3.8) is 0 Å². The zero-order chi connectivity index (χ0) is 18.0. The smallest absolute Gasteiger partial charge is 0.253 e. The molecule has 0 saturated heterocycles. The molecule has 6 heteroatoms. The van der Waals surface area contributed by atoms with Crippen LogP contribution in [-0.4, -0.2) is 29.6 Å². The van der Waals surface area contributed by atoms with E-state index in [4.69, 9.17) is 0 Å². The van der Waals surface area contributed by atoms with Gasteiger partial charge in [-0.3, -0.25) is 9.59 Å². The zero-order valence-corrected chi connectivity index (χ0v) is 14.4. The van der Waals surface area contributed by atoms with Crippen LogP contribution in [0.1, 0.15) is 49.4 Å². The molecule has 4 unspecified atom stereocenters. The molecule has 0 aliphatic heterocycles. The zero-order valence-electron chi connectivity index (χ0n) is 14.4. The van der Waals surface area contributed by atoms with E-state index in [0.29, 0.717) is 24.6 Å². The van der Waals surface area contributed by atoms with Gasteiger partial charge in [-0.05, 0) is 55.7 Å². The van der Waals surface area contributed by atoms with Crippen LogP contribution in [0, 0.1) is 23.6 Å². The number of amides is 2. The Hall–Kier alpha value is -1.95. The molecule has 2 fully saturated rings. The third-order valence-corrected chi connectivity index (χ3v) is 5.24. The van der Waals surface area contributed by atoms with E-state index in [1.54, 1.807) is 0 Å². The van der Waals surface area contributed by atoms with Crippen molar-refractivity contribution in [2.24, 2.45) is 17.8 Å². The first kappa shape index (κ1) is 17.9. The minimum atomic E-state index is -0.518. The Morgan fingerprint density at radius 3 is 2.72 bits per heavy atom. The molecule has 0 spiro atoms. The highest BCUT2D eigenvalue weighted by atomic mass is 19.1. The van der Waals surface area contributed by atoms with Crippen molar-refractivity contribution in [3.8, 4) is 0 Å². The molecule has 1 aromatic rings. The van der Waals surface area contributed by atoms with Gasteiger partial charge in [0.25, 0.3) is 5.91 Å². The van der Waals surface area contributed by atoms with E-state index in [2.05, 4.69) is 10.6 Å². The summed E-state index contributed by atoms with van der Waals surface area (Å²) in [5.41, 5.74) is 0.477. The molecule has 2 aliphatic rings. The van der Waals surface area contributed by atoms with E-state index in [9.17, 15) is 19.1 Å². The van der Waals surface area contributed by atoms with Crippen molar-refractivity contribution < 1.29 is 19.1 Å². The number of aliphatic hydroxyl groups excluding tert-OH is 1. The second-order valence-electron chi connectivity index (χ2n) is 7.40. The first-order valence-electron chi connectivity index (χ1n) is 9.00. The van der Waals surface area contributed by atoms with Crippen molar-refractivity contribution >= 4 is 17.5 Å². The van der Waals surface area contributed by atoms with Crippen LogP contribution in [0.15, 0.2) is 18.2 Å². The summed E-state index contributed by atoms with van der Waals surface area (Å²) in [5.74, 6) is -0.481. The molecular weight excluding hydrogens is 323 g/mol. The minimum Gasteiger partial charge on any atom is -0.393 e. The molecule has 2 amide bonds. The Kier molecular flexibility index (Phi) is 5.37. The van der Waals surface area contributed by atoms with Crippen LogP contribution in [0.4, 0.5) is 10.1 Å². The molecule has 3 N–H and O–H groups in total. The average molecular weight is 348 g/mol. The number of carbonyl (C=O) groups excluding carboxylic acids is 2. The summed E-state index contributed by atoms with van der Waals surface area (Å²) in [6.07, 6.45) is 3.93. The van der Waals surface area contributed by atoms with E-state index >= 15 is 0 Å². The summed E-state index contributed by atoms with van der Waals surface area (Å²) in [6, 6.07) is 3.82. The highest BCUT2D eigenvalue weighted by Crippen LogP contribution is 2.38. The molecule has 5 nitrogen and oxygen atoms in total. The summed E-state index contributed by atoms with van der Waals surface area (Å²) < 4.78 is 13.6. The average Bonchev–Trinajstić information content (AvgIpc) is 3.31. The Labute approximate surface area is 147 Å². The molecule has 4 atom stereocenters. The van der Waals surface area contributed by atoms with Crippen molar-refractivity contribution in [2.45, 2.75) is 45.1 Å². The Balaban J connectivity index is 1.64. The molecule has 0 bridgehead atoms. The maximum atomic E-state index is 13.6. The Bertz CT molecular complexity index is 664. The highest BCUT2D eigenvalue weighted by molar-refractivity contribution is 6.04. The molecule has 3 rings (SSSR count). The minimum absolute atomic E-state index is 0.0234. The van der Waals surface area contributed by atoms with Crippen molar-refractivity contribution in [3.05, 3.63) is 29.6 Å². The maximum Gasteiger partial charge on any atom is 0.253 e. The first-order valence-corrected chi connectivity index (χ1v) is 9.00. The van der Waals surface area contributed by atoms with Crippen molar-refractivity contribution in [2.75, 3.05) is 11.9 Å². The molecule has 136 valence electrons. The number of carbonyl (C=O) groups is 2. The van der Waals surface area contributed by atoms with Crippen molar-refractivity contribution in [1.82, 2.24) is 5.32 Å².